The Morgan fingerprint density at radius 2 is 2.14 bits per heavy atom. The van der Waals surface area contributed by atoms with Gasteiger partial charge in [0.25, 0.3) is 5.91 Å². The number of hydrogen-bond donors (Lipinski definition) is 2. The monoisotopic (exact) mass is 348 g/mol. The summed E-state index contributed by atoms with van der Waals surface area (Å²) in [5.41, 5.74) is 6.30. The number of hydrogen-bond acceptors (Lipinski definition) is 3. The molecule has 0 aliphatic heterocycles. The summed E-state index contributed by atoms with van der Waals surface area (Å²) in [5.74, 6) is -0.667. The fourth-order valence-corrected chi connectivity index (χ4v) is 2.07. The molecule has 0 saturated heterocycles. The highest BCUT2D eigenvalue weighted by Crippen LogP contribution is 2.17. The van der Waals surface area contributed by atoms with Gasteiger partial charge in [-0.25, -0.2) is 0 Å². The molecule has 0 radical (unpaired) electrons. The minimum absolute atomic E-state index is 0. The highest BCUT2D eigenvalue weighted by Gasteiger charge is 2.13. The average molecular weight is 350 g/mol. The summed E-state index contributed by atoms with van der Waals surface area (Å²) in [7, 11) is 0. The molecule has 0 bridgehead atoms. The third-order valence-electron chi connectivity index (χ3n) is 2.91. The van der Waals surface area contributed by atoms with Crippen LogP contribution in [0.4, 0.5) is 0 Å². The molecule has 0 aliphatic rings. The van der Waals surface area contributed by atoms with Crippen molar-refractivity contribution in [1.29, 1.82) is 5.41 Å². The number of pyridine rings is 2. The molecule has 0 saturated carbocycles. The van der Waals surface area contributed by atoms with E-state index in [1.165, 1.54) is 6.07 Å². The number of nitrogens with two attached hydrogens (primary N) is 1. The Labute approximate surface area is 139 Å². The van der Waals surface area contributed by atoms with E-state index in [-0.39, 0.29) is 41.9 Å². The molecule has 1 amide bonds. The average Bonchev–Trinajstić information content (AvgIpc) is 2.41. The van der Waals surface area contributed by atoms with Crippen LogP contribution in [-0.2, 0) is 0 Å². The summed E-state index contributed by atoms with van der Waals surface area (Å²) < 4.78 is 1.60. The van der Waals surface area contributed by atoms with Gasteiger partial charge in [0.15, 0.2) is 0 Å². The molecule has 2 rings (SSSR count). The lowest BCUT2D eigenvalue weighted by Gasteiger charge is -2.17. The topological polar surface area (TPSA) is 84.8 Å². The van der Waals surface area contributed by atoms with Crippen LogP contribution in [0.3, 0.4) is 0 Å². The highest BCUT2D eigenvalue weighted by atomic mass is 35.5. The Morgan fingerprint density at radius 1 is 1.48 bits per heavy atom. The molecular weight excluding hydrogens is 335 g/mol. The van der Waals surface area contributed by atoms with Crippen molar-refractivity contribution in [1.82, 2.24) is 9.55 Å². The van der Waals surface area contributed by atoms with Crippen molar-refractivity contribution in [2.75, 3.05) is 0 Å². The Balaban J connectivity index is 0.00000200. The molecule has 0 fully saturated rings. The van der Waals surface area contributed by atoms with E-state index in [2.05, 4.69) is 4.98 Å². The van der Waals surface area contributed by atoms with Crippen LogP contribution in [0, 0.1) is 5.41 Å². The van der Waals surface area contributed by atoms with E-state index in [1.807, 2.05) is 19.1 Å². The highest BCUT2D eigenvalue weighted by molar-refractivity contribution is 6.30. The van der Waals surface area contributed by atoms with Gasteiger partial charge in [0.1, 0.15) is 5.49 Å². The normalized spacial score (nSPS) is 11.0. The third-order valence-corrected chi connectivity index (χ3v) is 3.11. The number of halogens is 3. The van der Waals surface area contributed by atoms with E-state index >= 15 is 0 Å². The summed E-state index contributed by atoms with van der Waals surface area (Å²) in [4.78, 5) is 15.3. The number of primary amides is 1. The number of aromatic nitrogens is 2. The van der Waals surface area contributed by atoms with Gasteiger partial charge in [0.05, 0.1) is 16.6 Å². The molecule has 2 aromatic heterocycles. The first-order valence-corrected chi connectivity index (χ1v) is 6.04. The predicted molar refractivity (Wildman–Crippen MR) is 86.4 cm³/mol. The molecule has 2 aromatic rings. The summed E-state index contributed by atoms with van der Waals surface area (Å²) in [6.07, 6.45) is 4.99. The lowest BCUT2D eigenvalue weighted by atomic mass is 10.1. The second kappa shape index (κ2) is 8.02. The lowest BCUT2D eigenvalue weighted by molar-refractivity contribution is 0.0997. The van der Waals surface area contributed by atoms with Crippen molar-refractivity contribution in [3.8, 4) is 0 Å². The Kier molecular flexibility index (Phi) is 7.43. The molecule has 0 spiro atoms. The summed E-state index contributed by atoms with van der Waals surface area (Å²) in [6.45, 7) is 1.90. The first kappa shape index (κ1) is 19.4. The standard InChI is InChI=1S/C13H13ClN4O.2ClH/c1-8(9-3-2-4-17-6-9)18-7-10(14)5-11(12(18)15)13(16)19;;/h2-8,15H,1H3,(H2,16,19);2*1H. The van der Waals surface area contributed by atoms with E-state index in [0.29, 0.717) is 5.02 Å². The quantitative estimate of drug-likeness (QED) is 0.892. The maximum Gasteiger partial charge on any atom is 0.252 e. The van der Waals surface area contributed by atoms with Crippen molar-refractivity contribution < 1.29 is 4.79 Å². The van der Waals surface area contributed by atoms with Crippen LogP contribution in [0.25, 0.3) is 0 Å². The Morgan fingerprint density at radius 3 is 2.67 bits per heavy atom. The van der Waals surface area contributed by atoms with Gasteiger partial charge in [-0.15, -0.1) is 24.8 Å². The van der Waals surface area contributed by atoms with Gasteiger partial charge in [-0.05, 0) is 24.6 Å². The maximum absolute atomic E-state index is 11.3. The van der Waals surface area contributed by atoms with Crippen molar-refractivity contribution in [2.24, 2.45) is 5.73 Å². The van der Waals surface area contributed by atoms with Crippen LogP contribution in [0.1, 0.15) is 28.9 Å². The largest absolute Gasteiger partial charge is 0.365 e. The SMILES string of the molecule is CC(c1cccnc1)n1cc(Cl)cc(C(N)=O)c1=N.Cl.Cl. The molecule has 1 unspecified atom stereocenters. The molecule has 21 heavy (non-hydrogen) atoms. The Bertz CT molecular complexity index is 673. The molecule has 0 aromatic carbocycles. The van der Waals surface area contributed by atoms with Crippen LogP contribution < -0.4 is 11.2 Å². The van der Waals surface area contributed by atoms with Gasteiger partial charge < -0.3 is 10.3 Å². The summed E-state index contributed by atoms with van der Waals surface area (Å²) >= 11 is 5.97. The van der Waals surface area contributed by atoms with Gasteiger partial charge in [-0.3, -0.25) is 15.2 Å². The number of carbonyl (C=O) groups excluding carboxylic acids is 1. The van der Waals surface area contributed by atoms with E-state index in [0.717, 1.165) is 5.56 Å². The first-order chi connectivity index (χ1) is 9.00. The fourth-order valence-electron chi connectivity index (χ4n) is 1.86. The number of carbonyl (C=O) groups is 1. The van der Waals surface area contributed by atoms with Gasteiger partial charge >= 0.3 is 0 Å². The number of nitrogens with zero attached hydrogens (tertiary/aromatic N) is 2. The van der Waals surface area contributed by atoms with E-state index in [1.54, 1.807) is 23.2 Å². The van der Waals surface area contributed by atoms with Crippen LogP contribution in [0.5, 0.6) is 0 Å². The number of nitrogens with one attached hydrogen (secondary N) is 1. The van der Waals surface area contributed by atoms with E-state index in [4.69, 9.17) is 22.7 Å². The number of amides is 1. The van der Waals surface area contributed by atoms with Gasteiger partial charge in [-0.2, -0.15) is 0 Å². The van der Waals surface area contributed by atoms with Crippen molar-refractivity contribution in [2.45, 2.75) is 13.0 Å². The second-order valence-electron chi connectivity index (χ2n) is 4.15. The van der Waals surface area contributed by atoms with Crippen LogP contribution >= 0.6 is 36.4 Å². The van der Waals surface area contributed by atoms with Crippen molar-refractivity contribution in [3.63, 3.8) is 0 Å². The minimum atomic E-state index is -0.667. The molecule has 2 heterocycles. The van der Waals surface area contributed by atoms with E-state index in [9.17, 15) is 4.79 Å². The fraction of sp³-hybridized carbons (Fsp3) is 0.154. The molecule has 5 nitrogen and oxygen atoms in total. The first-order valence-electron chi connectivity index (χ1n) is 5.66. The number of rotatable bonds is 3. The zero-order valence-electron chi connectivity index (χ0n) is 11.1. The van der Waals surface area contributed by atoms with Crippen molar-refractivity contribution >= 4 is 42.3 Å². The molecular formula is C13H15Cl3N4O. The minimum Gasteiger partial charge on any atom is -0.365 e. The van der Waals surface area contributed by atoms with E-state index < -0.39 is 5.91 Å². The summed E-state index contributed by atoms with van der Waals surface area (Å²) in [5, 5.41) is 8.40. The smallest absolute Gasteiger partial charge is 0.252 e. The van der Waals surface area contributed by atoms with Crippen molar-refractivity contribution in [3.05, 3.63) is 58.4 Å². The third kappa shape index (κ3) is 4.20. The van der Waals surface area contributed by atoms with Gasteiger partial charge in [0.2, 0.25) is 0 Å². The molecule has 3 N–H and O–H groups in total. The lowest BCUT2D eigenvalue weighted by Crippen LogP contribution is -2.31. The maximum atomic E-state index is 11.3. The van der Waals surface area contributed by atoms with Crippen LogP contribution in [0.2, 0.25) is 5.02 Å². The Hall–Kier alpha value is -1.56. The molecule has 8 heteroatoms. The van der Waals surface area contributed by atoms with Gasteiger partial charge in [-0.1, -0.05) is 17.7 Å². The summed E-state index contributed by atoms with van der Waals surface area (Å²) in [6, 6.07) is 4.95. The van der Waals surface area contributed by atoms with Crippen LogP contribution in [0.15, 0.2) is 36.8 Å². The second-order valence-corrected chi connectivity index (χ2v) is 4.59. The molecule has 0 aliphatic carbocycles. The molecule has 1 atom stereocenters. The zero-order chi connectivity index (χ0) is 14.0. The molecule has 114 valence electrons. The van der Waals surface area contributed by atoms with Gasteiger partial charge in [0, 0.05) is 18.6 Å². The van der Waals surface area contributed by atoms with Crippen LogP contribution in [-0.4, -0.2) is 15.5 Å². The zero-order valence-corrected chi connectivity index (χ0v) is 13.5. The predicted octanol–water partition coefficient (Wildman–Crippen LogP) is 2.57.